The zero-order valence-electron chi connectivity index (χ0n) is 19.4. The normalized spacial score (nSPS) is 10.7. The third kappa shape index (κ3) is 5.04. The molecule has 0 saturated carbocycles. The highest BCUT2D eigenvalue weighted by molar-refractivity contribution is 7.99. The van der Waals surface area contributed by atoms with E-state index in [0.717, 1.165) is 16.8 Å². The van der Waals surface area contributed by atoms with Gasteiger partial charge < -0.3 is 14.8 Å². The van der Waals surface area contributed by atoms with E-state index in [0.29, 0.717) is 28.2 Å². The highest BCUT2D eigenvalue weighted by Gasteiger charge is 2.18. The van der Waals surface area contributed by atoms with Crippen LogP contribution in [0.4, 0.5) is 5.69 Å². The molecule has 0 fully saturated rings. The Morgan fingerprint density at radius 3 is 2.41 bits per heavy atom. The van der Waals surface area contributed by atoms with E-state index in [1.807, 2.05) is 22.8 Å². The lowest BCUT2D eigenvalue weighted by atomic mass is 10.1. The van der Waals surface area contributed by atoms with E-state index in [4.69, 9.17) is 9.47 Å². The number of benzene rings is 2. The Balaban J connectivity index is 1.58. The maximum Gasteiger partial charge on any atom is 0.234 e. The van der Waals surface area contributed by atoms with E-state index in [1.165, 1.54) is 17.3 Å². The number of aromatic nitrogens is 4. The van der Waals surface area contributed by atoms with Gasteiger partial charge in [0, 0.05) is 29.7 Å². The van der Waals surface area contributed by atoms with Crippen molar-refractivity contribution in [1.29, 1.82) is 0 Å². The molecule has 2 heterocycles. The largest absolute Gasteiger partial charge is 0.493 e. The average Bonchev–Trinajstić information content (AvgIpc) is 3.29. The SMILES string of the molecule is COc1ccc(NC(=O)CSc2nnc(-c3ccncc3)n2-c2ccc(C)c(C)c2)cc1OC. The Bertz CT molecular complexity index is 1310. The Morgan fingerprint density at radius 1 is 0.941 bits per heavy atom. The van der Waals surface area contributed by atoms with Gasteiger partial charge in [-0.1, -0.05) is 17.8 Å². The number of nitrogens with one attached hydrogen (secondary N) is 1. The molecule has 9 heteroatoms. The molecule has 0 aliphatic carbocycles. The summed E-state index contributed by atoms with van der Waals surface area (Å²) in [5.74, 6) is 1.82. The Morgan fingerprint density at radius 2 is 1.71 bits per heavy atom. The molecule has 1 N–H and O–H groups in total. The first-order valence-corrected chi connectivity index (χ1v) is 11.6. The molecule has 0 bridgehead atoms. The number of rotatable bonds is 8. The fraction of sp³-hybridized carbons (Fsp3) is 0.200. The first-order chi connectivity index (χ1) is 16.5. The molecule has 0 aliphatic heterocycles. The standard InChI is InChI=1S/C25H25N5O3S/c1-16-5-7-20(13-17(16)2)30-24(18-9-11-26-12-10-18)28-29-25(30)34-15-23(31)27-19-6-8-21(32-3)22(14-19)33-4/h5-14H,15H2,1-4H3,(H,27,31). The smallest absolute Gasteiger partial charge is 0.234 e. The molecule has 0 radical (unpaired) electrons. The number of aryl methyl sites for hydroxylation is 2. The van der Waals surface area contributed by atoms with Crippen molar-refractivity contribution in [2.45, 2.75) is 19.0 Å². The van der Waals surface area contributed by atoms with Crippen LogP contribution in [0.2, 0.25) is 0 Å². The van der Waals surface area contributed by atoms with Crippen molar-refractivity contribution in [3.63, 3.8) is 0 Å². The van der Waals surface area contributed by atoms with Crippen molar-refractivity contribution >= 4 is 23.4 Å². The van der Waals surface area contributed by atoms with E-state index >= 15 is 0 Å². The number of carbonyl (C=O) groups is 1. The first-order valence-electron chi connectivity index (χ1n) is 10.6. The summed E-state index contributed by atoms with van der Waals surface area (Å²) in [7, 11) is 3.12. The second-order valence-electron chi connectivity index (χ2n) is 7.55. The summed E-state index contributed by atoms with van der Waals surface area (Å²) in [6.07, 6.45) is 3.44. The minimum atomic E-state index is -0.169. The van der Waals surface area contributed by atoms with Gasteiger partial charge in [-0.05, 0) is 61.4 Å². The van der Waals surface area contributed by atoms with E-state index < -0.39 is 0 Å². The highest BCUT2D eigenvalue weighted by Crippen LogP contribution is 2.31. The van der Waals surface area contributed by atoms with Crippen molar-refractivity contribution in [3.8, 4) is 28.6 Å². The van der Waals surface area contributed by atoms with Gasteiger partial charge in [-0.3, -0.25) is 14.3 Å². The van der Waals surface area contributed by atoms with Crippen molar-refractivity contribution in [2.75, 3.05) is 25.3 Å². The maximum absolute atomic E-state index is 12.7. The van der Waals surface area contributed by atoms with Crippen LogP contribution in [0.1, 0.15) is 11.1 Å². The van der Waals surface area contributed by atoms with E-state index in [2.05, 4.69) is 46.5 Å². The molecule has 0 saturated heterocycles. The molecule has 0 spiro atoms. The third-order valence-corrected chi connectivity index (χ3v) is 6.25. The third-order valence-electron chi connectivity index (χ3n) is 5.32. The van der Waals surface area contributed by atoms with Gasteiger partial charge >= 0.3 is 0 Å². The summed E-state index contributed by atoms with van der Waals surface area (Å²) >= 11 is 1.32. The molecule has 8 nitrogen and oxygen atoms in total. The van der Waals surface area contributed by atoms with Crippen LogP contribution in [0.25, 0.3) is 17.1 Å². The molecule has 1 amide bonds. The number of anilines is 1. The number of hydrogen-bond acceptors (Lipinski definition) is 7. The van der Waals surface area contributed by atoms with E-state index in [1.54, 1.807) is 44.8 Å². The van der Waals surface area contributed by atoms with Crippen LogP contribution < -0.4 is 14.8 Å². The summed E-state index contributed by atoms with van der Waals surface area (Å²) in [6, 6.07) is 15.2. The van der Waals surface area contributed by atoms with Gasteiger partial charge in [0.1, 0.15) is 0 Å². The molecular weight excluding hydrogens is 450 g/mol. The van der Waals surface area contributed by atoms with Crippen LogP contribution in [-0.2, 0) is 4.79 Å². The lowest BCUT2D eigenvalue weighted by molar-refractivity contribution is -0.113. The summed E-state index contributed by atoms with van der Waals surface area (Å²) in [4.78, 5) is 16.8. The van der Waals surface area contributed by atoms with Crippen LogP contribution in [0.15, 0.2) is 66.1 Å². The van der Waals surface area contributed by atoms with Gasteiger partial charge in [0.2, 0.25) is 5.91 Å². The molecule has 2 aromatic carbocycles. The predicted octanol–water partition coefficient (Wildman–Crippen LogP) is 4.69. The van der Waals surface area contributed by atoms with Crippen molar-refractivity contribution in [1.82, 2.24) is 19.7 Å². The molecule has 4 aromatic rings. The molecule has 0 unspecified atom stereocenters. The number of nitrogens with zero attached hydrogens (tertiary/aromatic N) is 4. The second-order valence-corrected chi connectivity index (χ2v) is 8.50. The Hall–Kier alpha value is -3.85. The zero-order chi connectivity index (χ0) is 24.1. The Labute approximate surface area is 202 Å². The number of thioether (sulfide) groups is 1. The molecular formula is C25H25N5O3S. The lowest BCUT2D eigenvalue weighted by Gasteiger charge is -2.13. The first kappa shape index (κ1) is 23.3. The van der Waals surface area contributed by atoms with Crippen molar-refractivity contribution in [2.24, 2.45) is 0 Å². The number of carbonyl (C=O) groups excluding carboxylic acids is 1. The van der Waals surface area contributed by atoms with Crippen molar-refractivity contribution < 1.29 is 14.3 Å². The Kier molecular flexibility index (Phi) is 7.12. The van der Waals surface area contributed by atoms with Crippen LogP contribution in [0.3, 0.4) is 0 Å². The molecule has 0 atom stereocenters. The quantitative estimate of drug-likeness (QED) is 0.370. The number of hydrogen-bond donors (Lipinski definition) is 1. The maximum atomic E-state index is 12.7. The summed E-state index contributed by atoms with van der Waals surface area (Å²) < 4.78 is 12.5. The lowest BCUT2D eigenvalue weighted by Crippen LogP contribution is -2.14. The van der Waals surface area contributed by atoms with Crippen LogP contribution in [0, 0.1) is 13.8 Å². The zero-order valence-corrected chi connectivity index (χ0v) is 20.2. The summed E-state index contributed by atoms with van der Waals surface area (Å²) in [5, 5.41) is 12.3. The van der Waals surface area contributed by atoms with E-state index in [9.17, 15) is 4.79 Å². The molecule has 34 heavy (non-hydrogen) atoms. The number of pyridine rings is 1. The number of ether oxygens (including phenoxy) is 2. The minimum Gasteiger partial charge on any atom is -0.493 e. The number of amides is 1. The highest BCUT2D eigenvalue weighted by atomic mass is 32.2. The van der Waals surface area contributed by atoms with Crippen LogP contribution >= 0.6 is 11.8 Å². The van der Waals surface area contributed by atoms with Crippen LogP contribution in [-0.4, -0.2) is 45.6 Å². The molecule has 4 rings (SSSR count). The van der Waals surface area contributed by atoms with Gasteiger partial charge in [0.15, 0.2) is 22.5 Å². The van der Waals surface area contributed by atoms with Gasteiger partial charge in [0.25, 0.3) is 0 Å². The average molecular weight is 476 g/mol. The van der Waals surface area contributed by atoms with Crippen molar-refractivity contribution in [3.05, 3.63) is 72.1 Å². The number of methoxy groups -OCH3 is 2. The van der Waals surface area contributed by atoms with Gasteiger partial charge in [-0.2, -0.15) is 0 Å². The predicted molar refractivity (Wildman–Crippen MR) is 133 cm³/mol. The molecule has 174 valence electrons. The monoisotopic (exact) mass is 475 g/mol. The summed E-state index contributed by atoms with van der Waals surface area (Å²) in [6.45, 7) is 4.14. The van der Waals surface area contributed by atoms with Gasteiger partial charge in [0.05, 0.1) is 25.7 Å². The fourth-order valence-corrected chi connectivity index (χ4v) is 4.14. The van der Waals surface area contributed by atoms with Gasteiger partial charge in [-0.15, -0.1) is 10.2 Å². The molecule has 0 aliphatic rings. The second kappa shape index (κ2) is 10.4. The summed E-state index contributed by atoms with van der Waals surface area (Å²) in [5.41, 5.74) is 4.81. The van der Waals surface area contributed by atoms with E-state index in [-0.39, 0.29) is 11.7 Å². The van der Waals surface area contributed by atoms with Gasteiger partial charge in [-0.25, -0.2) is 0 Å². The fourth-order valence-electron chi connectivity index (χ4n) is 3.39. The topological polar surface area (TPSA) is 91.2 Å². The molecule has 2 aromatic heterocycles. The minimum absolute atomic E-state index is 0.160. The van der Waals surface area contributed by atoms with Crippen LogP contribution in [0.5, 0.6) is 11.5 Å².